The average Bonchev–Trinajstić information content (AvgIpc) is 3.37. The third-order valence-corrected chi connectivity index (χ3v) is 5.97. The fraction of sp³-hybridized carbons (Fsp3) is 0.0833. The van der Waals surface area contributed by atoms with Crippen LogP contribution in [0.15, 0.2) is 66.9 Å². The molecule has 0 saturated heterocycles. The zero-order valence-electron chi connectivity index (χ0n) is 16.7. The second-order valence-corrected chi connectivity index (χ2v) is 8.25. The Labute approximate surface area is 185 Å². The molecule has 3 aromatic carbocycles. The number of benzene rings is 3. The number of H-pyrrole nitrogens is 1. The predicted octanol–water partition coefficient (Wildman–Crippen LogP) is 5.71. The summed E-state index contributed by atoms with van der Waals surface area (Å²) in [4.78, 5) is 19.7. The smallest absolute Gasteiger partial charge is 0.279 e. The number of nitrogens with one attached hydrogen (secondary N) is 2. The highest BCUT2D eigenvalue weighted by atomic mass is 32.1. The fourth-order valence-electron chi connectivity index (χ4n) is 3.46. The molecule has 0 unspecified atom stereocenters. The third-order valence-electron chi connectivity index (χ3n) is 5.06. The Balaban J connectivity index is 1.22. The Morgan fingerprint density at radius 3 is 2.78 bits per heavy atom. The molecule has 0 fully saturated rings. The summed E-state index contributed by atoms with van der Waals surface area (Å²) in [6.45, 7) is 0.255. The average molecular weight is 449 g/mol. The van der Waals surface area contributed by atoms with Crippen LogP contribution < -0.4 is 10.1 Å². The lowest BCUT2D eigenvalue weighted by Crippen LogP contribution is -2.24. The van der Waals surface area contributed by atoms with Gasteiger partial charge < -0.3 is 15.0 Å². The molecule has 5 aromatic rings. The number of hydrogen-bond donors (Lipinski definition) is 2. The number of fused-ring (bicyclic) bond motifs is 2. The highest BCUT2D eigenvalue weighted by Gasteiger charge is 2.12. The van der Waals surface area contributed by atoms with Crippen molar-refractivity contribution in [2.45, 2.75) is 13.0 Å². The van der Waals surface area contributed by atoms with Gasteiger partial charge in [0.05, 0.1) is 16.6 Å². The predicted molar refractivity (Wildman–Crippen MR) is 120 cm³/mol. The van der Waals surface area contributed by atoms with E-state index >= 15 is 0 Å². The summed E-state index contributed by atoms with van der Waals surface area (Å²) < 4.78 is 34.5. The summed E-state index contributed by atoms with van der Waals surface area (Å²) in [5, 5.41) is 4.03. The lowest BCUT2D eigenvalue weighted by molar-refractivity contribution is -0.120. The molecule has 160 valence electrons. The summed E-state index contributed by atoms with van der Waals surface area (Å²) in [5.74, 6) is -0.862. The van der Waals surface area contributed by atoms with Crippen LogP contribution in [0.3, 0.4) is 0 Å². The van der Waals surface area contributed by atoms with E-state index in [4.69, 9.17) is 4.74 Å². The van der Waals surface area contributed by atoms with E-state index in [0.29, 0.717) is 16.5 Å². The molecule has 2 heterocycles. The number of aromatic amines is 1. The quantitative estimate of drug-likeness (QED) is 0.349. The van der Waals surface area contributed by atoms with Crippen LogP contribution in [0, 0.1) is 11.6 Å². The van der Waals surface area contributed by atoms with E-state index in [2.05, 4.69) is 15.3 Å². The standard InChI is InChI=1S/C24H17F2N3O2S/c25-16-6-8-18-15(12-27-21(18)10-16)13-28-23(30)9-14-5-7-17(11-19(14)26)31-24-29-20-3-1-2-4-22(20)32-24/h1-8,10-12,27H,9,13H2,(H,28,30). The SMILES string of the molecule is O=C(Cc1ccc(Oc2nc3ccccc3s2)cc1F)NCc1c[nH]c2cc(F)ccc12. The number of halogens is 2. The summed E-state index contributed by atoms with van der Waals surface area (Å²) in [5.41, 5.74) is 2.57. The Kier molecular flexibility index (Phi) is 5.28. The van der Waals surface area contributed by atoms with Gasteiger partial charge >= 0.3 is 0 Å². The van der Waals surface area contributed by atoms with Crippen LogP contribution in [-0.2, 0) is 17.8 Å². The first kappa shape index (κ1) is 20.1. The Morgan fingerprint density at radius 1 is 1.06 bits per heavy atom. The summed E-state index contributed by atoms with van der Waals surface area (Å²) in [6, 6.07) is 16.5. The van der Waals surface area contributed by atoms with Gasteiger partial charge in [-0.25, -0.2) is 13.8 Å². The lowest BCUT2D eigenvalue weighted by atomic mass is 10.1. The van der Waals surface area contributed by atoms with Gasteiger partial charge in [-0.2, -0.15) is 0 Å². The summed E-state index contributed by atoms with van der Waals surface area (Å²) in [7, 11) is 0. The molecule has 0 saturated carbocycles. The van der Waals surface area contributed by atoms with Crippen molar-refractivity contribution >= 4 is 38.4 Å². The highest BCUT2D eigenvalue weighted by Crippen LogP contribution is 2.31. The van der Waals surface area contributed by atoms with Gasteiger partial charge in [-0.3, -0.25) is 4.79 Å². The molecule has 0 radical (unpaired) electrons. The van der Waals surface area contributed by atoms with Crippen LogP contribution in [0.4, 0.5) is 8.78 Å². The molecule has 8 heteroatoms. The van der Waals surface area contributed by atoms with Crippen LogP contribution in [0.25, 0.3) is 21.1 Å². The molecule has 0 aliphatic carbocycles. The van der Waals surface area contributed by atoms with Crippen molar-refractivity contribution in [2.75, 3.05) is 0 Å². The molecule has 0 aliphatic rings. The number of amides is 1. The van der Waals surface area contributed by atoms with E-state index < -0.39 is 5.82 Å². The number of ether oxygens (including phenoxy) is 1. The van der Waals surface area contributed by atoms with Gasteiger partial charge in [0.2, 0.25) is 5.91 Å². The van der Waals surface area contributed by atoms with Crippen molar-refractivity contribution in [3.05, 3.63) is 89.6 Å². The van der Waals surface area contributed by atoms with Crippen molar-refractivity contribution in [3.63, 3.8) is 0 Å². The van der Waals surface area contributed by atoms with Gasteiger partial charge in [-0.15, -0.1) is 0 Å². The maximum Gasteiger partial charge on any atom is 0.279 e. The fourth-order valence-corrected chi connectivity index (χ4v) is 4.30. The number of carbonyl (C=O) groups is 1. The number of thiazole rings is 1. The maximum absolute atomic E-state index is 14.6. The number of rotatable bonds is 6. The molecule has 0 aliphatic heterocycles. The molecule has 32 heavy (non-hydrogen) atoms. The highest BCUT2D eigenvalue weighted by molar-refractivity contribution is 7.20. The maximum atomic E-state index is 14.6. The van der Waals surface area contributed by atoms with E-state index in [1.165, 1.54) is 35.6 Å². The first-order valence-corrected chi connectivity index (χ1v) is 10.7. The van der Waals surface area contributed by atoms with Crippen molar-refractivity contribution in [1.29, 1.82) is 0 Å². The summed E-state index contributed by atoms with van der Waals surface area (Å²) >= 11 is 1.38. The molecular weight excluding hydrogens is 432 g/mol. The third kappa shape index (κ3) is 4.17. The van der Waals surface area contributed by atoms with Crippen LogP contribution in [0.1, 0.15) is 11.1 Å². The van der Waals surface area contributed by atoms with E-state index in [0.717, 1.165) is 21.2 Å². The second kappa shape index (κ2) is 8.39. The minimum absolute atomic E-state index is 0.107. The van der Waals surface area contributed by atoms with Crippen molar-refractivity contribution in [2.24, 2.45) is 0 Å². The first-order chi connectivity index (χ1) is 15.5. The van der Waals surface area contributed by atoms with Crippen LogP contribution in [0.2, 0.25) is 0 Å². The van der Waals surface area contributed by atoms with Crippen molar-refractivity contribution in [3.8, 4) is 10.9 Å². The van der Waals surface area contributed by atoms with Gasteiger partial charge in [0, 0.05) is 29.7 Å². The minimum atomic E-state index is -0.527. The Hall–Kier alpha value is -3.78. The Morgan fingerprint density at radius 2 is 1.94 bits per heavy atom. The monoisotopic (exact) mass is 449 g/mol. The molecule has 0 bridgehead atoms. The number of carbonyl (C=O) groups excluding carboxylic acids is 1. The minimum Gasteiger partial charge on any atom is -0.431 e. The van der Waals surface area contributed by atoms with Gasteiger partial charge in [-0.05, 0) is 47.5 Å². The largest absolute Gasteiger partial charge is 0.431 e. The first-order valence-electron chi connectivity index (χ1n) is 9.89. The molecule has 0 spiro atoms. The van der Waals surface area contributed by atoms with E-state index in [1.807, 2.05) is 24.3 Å². The second-order valence-electron chi connectivity index (χ2n) is 7.26. The molecular formula is C24H17F2N3O2S. The summed E-state index contributed by atoms with van der Waals surface area (Å²) in [6.07, 6.45) is 1.61. The Bertz CT molecular complexity index is 1410. The van der Waals surface area contributed by atoms with Gasteiger partial charge in [0.25, 0.3) is 5.19 Å². The van der Waals surface area contributed by atoms with Crippen molar-refractivity contribution < 1.29 is 18.3 Å². The van der Waals surface area contributed by atoms with Crippen LogP contribution in [-0.4, -0.2) is 15.9 Å². The van der Waals surface area contributed by atoms with E-state index in [9.17, 15) is 13.6 Å². The van der Waals surface area contributed by atoms with Gasteiger partial charge in [0.15, 0.2) is 0 Å². The topological polar surface area (TPSA) is 67.0 Å². The van der Waals surface area contributed by atoms with Crippen molar-refractivity contribution in [1.82, 2.24) is 15.3 Å². The van der Waals surface area contributed by atoms with Crippen LogP contribution >= 0.6 is 11.3 Å². The molecule has 5 nitrogen and oxygen atoms in total. The molecule has 5 rings (SSSR count). The zero-order valence-corrected chi connectivity index (χ0v) is 17.5. The number of hydrogen-bond acceptors (Lipinski definition) is 4. The van der Waals surface area contributed by atoms with Crippen LogP contribution in [0.5, 0.6) is 10.9 Å². The molecule has 0 atom stereocenters. The zero-order chi connectivity index (χ0) is 22.1. The molecule has 2 N–H and O–H groups in total. The lowest BCUT2D eigenvalue weighted by Gasteiger charge is -2.07. The van der Waals surface area contributed by atoms with Gasteiger partial charge in [0.1, 0.15) is 17.4 Å². The van der Waals surface area contributed by atoms with E-state index in [-0.39, 0.29) is 30.3 Å². The van der Waals surface area contributed by atoms with E-state index in [1.54, 1.807) is 18.3 Å². The molecule has 1 amide bonds. The normalized spacial score (nSPS) is 11.2. The molecule has 2 aromatic heterocycles. The number of aromatic nitrogens is 2. The number of nitrogens with zero attached hydrogens (tertiary/aromatic N) is 1. The number of para-hydroxylation sites is 1. The van der Waals surface area contributed by atoms with Gasteiger partial charge in [-0.1, -0.05) is 29.5 Å².